The Kier molecular flexibility index (Phi) is 9.30. The molecule has 0 N–H and O–H groups in total. The van der Waals surface area contributed by atoms with E-state index in [4.69, 9.17) is 26.2 Å². The molecule has 0 radical (unpaired) electrons. The van der Waals surface area contributed by atoms with Gasteiger partial charge in [-0.2, -0.15) is 0 Å². The van der Waals surface area contributed by atoms with Crippen molar-refractivity contribution in [3.8, 4) is 11.5 Å². The SMILES string of the molecule is Sc1cccc([Si](OCCc2ccccc2)(OCCc2ccccc2)c2ccccc2)c1Oc1ccccc1. The summed E-state index contributed by atoms with van der Waals surface area (Å²) in [5, 5.41) is 1.94. The van der Waals surface area contributed by atoms with Gasteiger partial charge in [0, 0.05) is 23.3 Å². The molecule has 0 aromatic heterocycles. The third-order valence-electron chi connectivity index (χ3n) is 6.54. The Morgan fingerprint density at radius 1 is 0.513 bits per heavy atom. The van der Waals surface area contributed by atoms with Crippen molar-refractivity contribution >= 4 is 31.6 Å². The number of ether oxygens (including phenoxy) is 1. The zero-order valence-electron chi connectivity index (χ0n) is 21.8. The standard InChI is InChI=1S/C34H32O3SSi/c38-32-22-13-23-33(34(32)37-30-18-9-3-10-19-30)39(31-20-11-4-12-21-31,35-26-24-28-14-5-1-6-15-28)36-27-25-29-16-7-2-8-17-29/h1-23,38H,24-27H2. The molecule has 0 fully saturated rings. The van der Waals surface area contributed by atoms with E-state index in [1.807, 2.05) is 72.8 Å². The largest absolute Gasteiger partial charge is 0.456 e. The van der Waals surface area contributed by atoms with Crippen LogP contribution in [0, 0.1) is 0 Å². The first-order valence-corrected chi connectivity index (χ1v) is 15.5. The Bertz CT molecular complexity index is 1390. The second-order valence-electron chi connectivity index (χ2n) is 9.22. The summed E-state index contributed by atoms with van der Waals surface area (Å²) >= 11 is 4.82. The zero-order chi connectivity index (χ0) is 26.8. The molecule has 0 amide bonds. The highest BCUT2D eigenvalue weighted by Gasteiger charge is 2.45. The Balaban J connectivity index is 1.56. The fourth-order valence-corrected chi connectivity index (χ4v) is 8.20. The maximum absolute atomic E-state index is 6.98. The molecule has 0 heterocycles. The topological polar surface area (TPSA) is 27.7 Å². The highest BCUT2D eigenvalue weighted by molar-refractivity contribution is 7.80. The minimum Gasteiger partial charge on any atom is -0.456 e. The lowest BCUT2D eigenvalue weighted by Gasteiger charge is -2.33. The van der Waals surface area contributed by atoms with Crippen LogP contribution in [0.25, 0.3) is 0 Å². The molecule has 0 spiro atoms. The number of para-hydroxylation sites is 2. The van der Waals surface area contributed by atoms with Gasteiger partial charge in [-0.1, -0.05) is 121 Å². The third-order valence-corrected chi connectivity index (χ3v) is 10.3. The maximum Gasteiger partial charge on any atom is 0.410 e. The monoisotopic (exact) mass is 548 g/mol. The summed E-state index contributed by atoms with van der Waals surface area (Å²) in [4.78, 5) is 0.738. The van der Waals surface area contributed by atoms with Crippen molar-refractivity contribution in [2.75, 3.05) is 13.2 Å². The highest BCUT2D eigenvalue weighted by atomic mass is 32.1. The number of rotatable bonds is 12. The number of thiol groups is 1. The van der Waals surface area contributed by atoms with Crippen molar-refractivity contribution in [1.82, 2.24) is 0 Å². The lowest BCUT2D eigenvalue weighted by Crippen LogP contribution is -2.64. The molecular formula is C34H32O3SSi. The van der Waals surface area contributed by atoms with Crippen LogP contribution in [-0.4, -0.2) is 21.8 Å². The van der Waals surface area contributed by atoms with E-state index in [1.54, 1.807) is 0 Å². The first-order valence-electron chi connectivity index (χ1n) is 13.2. The second kappa shape index (κ2) is 13.4. The minimum absolute atomic E-state index is 0.512. The molecule has 0 aliphatic heterocycles. The van der Waals surface area contributed by atoms with Gasteiger partial charge in [-0.15, -0.1) is 12.6 Å². The predicted octanol–water partition coefficient (Wildman–Crippen LogP) is 6.84. The van der Waals surface area contributed by atoms with Gasteiger partial charge in [0.05, 0.1) is 0 Å². The number of hydrogen-bond donors (Lipinski definition) is 1. The van der Waals surface area contributed by atoms with Gasteiger partial charge < -0.3 is 13.6 Å². The molecule has 5 aromatic rings. The third kappa shape index (κ3) is 6.88. The lowest BCUT2D eigenvalue weighted by molar-refractivity contribution is 0.194. The Morgan fingerprint density at radius 3 is 1.54 bits per heavy atom. The van der Waals surface area contributed by atoms with Gasteiger partial charge in [-0.25, -0.2) is 0 Å². The molecule has 0 aliphatic rings. The fourth-order valence-electron chi connectivity index (χ4n) is 4.59. The molecule has 0 bridgehead atoms. The van der Waals surface area contributed by atoms with Crippen LogP contribution in [0.4, 0.5) is 0 Å². The van der Waals surface area contributed by atoms with Gasteiger partial charge in [-0.3, -0.25) is 0 Å². The molecule has 39 heavy (non-hydrogen) atoms. The van der Waals surface area contributed by atoms with Crippen LogP contribution in [0.2, 0.25) is 0 Å². The van der Waals surface area contributed by atoms with Crippen molar-refractivity contribution < 1.29 is 13.6 Å². The normalized spacial score (nSPS) is 11.3. The van der Waals surface area contributed by atoms with Gasteiger partial charge in [-0.05, 0) is 47.4 Å². The van der Waals surface area contributed by atoms with Gasteiger partial charge in [0.25, 0.3) is 0 Å². The van der Waals surface area contributed by atoms with Gasteiger partial charge in [0.15, 0.2) is 0 Å². The van der Waals surface area contributed by atoms with Gasteiger partial charge >= 0.3 is 8.56 Å². The van der Waals surface area contributed by atoms with Crippen LogP contribution < -0.4 is 15.1 Å². The molecule has 5 heteroatoms. The van der Waals surface area contributed by atoms with E-state index in [0.717, 1.165) is 33.9 Å². The average Bonchev–Trinajstić information content (AvgIpc) is 2.99. The summed E-state index contributed by atoms with van der Waals surface area (Å²) in [6.45, 7) is 1.02. The van der Waals surface area contributed by atoms with Crippen molar-refractivity contribution in [3.05, 3.63) is 151 Å². The molecule has 3 nitrogen and oxygen atoms in total. The highest BCUT2D eigenvalue weighted by Crippen LogP contribution is 2.29. The van der Waals surface area contributed by atoms with Crippen molar-refractivity contribution in [1.29, 1.82) is 0 Å². The fraction of sp³-hybridized carbons (Fsp3) is 0.118. The van der Waals surface area contributed by atoms with E-state index in [0.29, 0.717) is 19.0 Å². The van der Waals surface area contributed by atoms with Crippen molar-refractivity contribution in [2.45, 2.75) is 17.7 Å². The summed E-state index contributed by atoms with van der Waals surface area (Å²) in [6.07, 6.45) is 1.56. The van der Waals surface area contributed by atoms with Crippen LogP contribution in [-0.2, 0) is 21.7 Å². The molecule has 0 atom stereocenters. The Morgan fingerprint density at radius 2 is 1.00 bits per heavy atom. The van der Waals surface area contributed by atoms with Crippen molar-refractivity contribution in [3.63, 3.8) is 0 Å². The zero-order valence-corrected chi connectivity index (χ0v) is 23.7. The van der Waals surface area contributed by atoms with Crippen LogP contribution in [0.15, 0.2) is 144 Å². The molecular weight excluding hydrogens is 517 g/mol. The molecule has 0 unspecified atom stereocenters. The Hall–Kier alpha value is -3.61. The van der Waals surface area contributed by atoms with E-state index >= 15 is 0 Å². The van der Waals surface area contributed by atoms with Crippen LogP contribution >= 0.6 is 12.6 Å². The van der Waals surface area contributed by atoms with Gasteiger partial charge in [0.2, 0.25) is 0 Å². The summed E-state index contributed by atoms with van der Waals surface area (Å²) in [6, 6.07) is 46.9. The molecule has 0 saturated heterocycles. The number of hydrogen-bond acceptors (Lipinski definition) is 4. The van der Waals surface area contributed by atoms with E-state index in [2.05, 4.69) is 66.7 Å². The smallest absolute Gasteiger partial charge is 0.410 e. The summed E-state index contributed by atoms with van der Waals surface area (Å²) in [7, 11) is -3.26. The molecule has 0 aliphatic carbocycles. The summed E-state index contributed by atoms with van der Waals surface area (Å²) < 4.78 is 20.5. The van der Waals surface area contributed by atoms with Crippen molar-refractivity contribution in [2.24, 2.45) is 0 Å². The van der Waals surface area contributed by atoms with E-state index in [-0.39, 0.29) is 0 Å². The van der Waals surface area contributed by atoms with E-state index in [9.17, 15) is 0 Å². The second-order valence-corrected chi connectivity index (χ2v) is 12.6. The minimum atomic E-state index is -3.26. The summed E-state index contributed by atoms with van der Waals surface area (Å²) in [5.41, 5.74) is 2.45. The predicted molar refractivity (Wildman–Crippen MR) is 164 cm³/mol. The lowest BCUT2D eigenvalue weighted by atomic mass is 10.2. The van der Waals surface area contributed by atoms with Crippen LogP contribution in [0.3, 0.4) is 0 Å². The van der Waals surface area contributed by atoms with E-state index in [1.165, 1.54) is 11.1 Å². The van der Waals surface area contributed by atoms with Crippen LogP contribution in [0.1, 0.15) is 11.1 Å². The molecule has 196 valence electrons. The van der Waals surface area contributed by atoms with Crippen LogP contribution in [0.5, 0.6) is 11.5 Å². The first kappa shape index (κ1) is 27.0. The first-order chi connectivity index (χ1) is 19.2. The summed E-state index contributed by atoms with van der Waals surface area (Å²) in [5.74, 6) is 1.41. The maximum atomic E-state index is 6.98. The Labute approximate surface area is 237 Å². The van der Waals surface area contributed by atoms with Gasteiger partial charge in [0.1, 0.15) is 11.5 Å². The average molecular weight is 549 g/mol. The van der Waals surface area contributed by atoms with E-state index < -0.39 is 8.56 Å². The quantitative estimate of drug-likeness (QED) is 0.137. The molecule has 5 rings (SSSR count). The number of benzene rings is 5. The molecule has 0 saturated carbocycles. The molecule has 5 aromatic carbocycles.